The van der Waals surface area contributed by atoms with Gasteiger partial charge in [-0.3, -0.25) is 9.48 Å². The van der Waals surface area contributed by atoms with Gasteiger partial charge in [-0.2, -0.15) is 5.10 Å². The van der Waals surface area contributed by atoms with Crippen LogP contribution in [-0.4, -0.2) is 27.3 Å². The minimum atomic E-state index is -0.190. The summed E-state index contributed by atoms with van der Waals surface area (Å²) in [6, 6.07) is 4.75. The average Bonchev–Trinajstić information content (AvgIpc) is 2.83. The Balaban J connectivity index is 1.78. The van der Waals surface area contributed by atoms with Crippen LogP contribution in [0.5, 0.6) is 5.75 Å². The van der Waals surface area contributed by atoms with Crippen molar-refractivity contribution in [3.05, 3.63) is 46.2 Å². The SMILES string of the molecule is Cc1cnn(CCCNC(=O)c2ccc(Br)c(O)c2)c1. The molecule has 1 heterocycles. The van der Waals surface area contributed by atoms with Crippen LogP contribution in [0.3, 0.4) is 0 Å². The minimum Gasteiger partial charge on any atom is -0.507 e. The van der Waals surface area contributed by atoms with Gasteiger partial charge in [-0.15, -0.1) is 0 Å². The van der Waals surface area contributed by atoms with E-state index < -0.39 is 0 Å². The first-order valence-electron chi connectivity index (χ1n) is 6.32. The third-order valence-electron chi connectivity index (χ3n) is 2.82. The van der Waals surface area contributed by atoms with Gasteiger partial charge < -0.3 is 10.4 Å². The van der Waals surface area contributed by atoms with Crippen molar-refractivity contribution in [2.24, 2.45) is 0 Å². The second kappa shape index (κ2) is 6.56. The maximum absolute atomic E-state index is 11.9. The molecule has 1 aromatic heterocycles. The van der Waals surface area contributed by atoms with Crippen LogP contribution in [0.4, 0.5) is 0 Å². The molecule has 0 fully saturated rings. The number of carbonyl (C=O) groups excluding carboxylic acids is 1. The maximum Gasteiger partial charge on any atom is 0.251 e. The molecule has 0 aliphatic rings. The zero-order chi connectivity index (χ0) is 14.5. The highest BCUT2D eigenvalue weighted by molar-refractivity contribution is 9.10. The third kappa shape index (κ3) is 3.84. The number of amides is 1. The molecule has 0 aliphatic heterocycles. The van der Waals surface area contributed by atoms with Gasteiger partial charge in [-0.1, -0.05) is 0 Å². The van der Waals surface area contributed by atoms with E-state index in [9.17, 15) is 9.90 Å². The number of rotatable bonds is 5. The topological polar surface area (TPSA) is 67.2 Å². The predicted molar refractivity (Wildman–Crippen MR) is 79.7 cm³/mol. The van der Waals surface area contributed by atoms with Crippen LogP contribution in [0.25, 0.3) is 0 Å². The summed E-state index contributed by atoms with van der Waals surface area (Å²) < 4.78 is 2.43. The fraction of sp³-hybridized carbons (Fsp3) is 0.286. The number of nitrogens with zero attached hydrogens (tertiary/aromatic N) is 2. The fourth-order valence-corrected chi connectivity index (χ4v) is 2.03. The summed E-state index contributed by atoms with van der Waals surface area (Å²) >= 11 is 3.18. The summed E-state index contributed by atoms with van der Waals surface area (Å²) in [5.41, 5.74) is 1.57. The number of phenols is 1. The molecule has 0 saturated carbocycles. The molecule has 20 heavy (non-hydrogen) atoms. The number of halogens is 1. The lowest BCUT2D eigenvalue weighted by molar-refractivity contribution is 0.0952. The van der Waals surface area contributed by atoms with Gasteiger partial charge in [0, 0.05) is 24.8 Å². The number of aryl methyl sites for hydroxylation is 2. The van der Waals surface area contributed by atoms with Crippen LogP contribution < -0.4 is 5.32 Å². The van der Waals surface area contributed by atoms with Gasteiger partial charge in [0.15, 0.2) is 0 Å². The Morgan fingerprint density at radius 3 is 2.95 bits per heavy atom. The fourth-order valence-electron chi connectivity index (χ4n) is 1.79. The van der Waals surface area contributed by atoms with E-state index in [1.165, 1.54) is 6.07 Å². The molecule has 0 bridgehead atoms. The van der Waals surface area contributed by atoms with Crippen molar-refractivity contribution in [2.45, 2.75) is 19.9 Å². The van der Waals surface area contributed by atoms with Crippen molar-refractivity contribution in [3.8, 4) is 5.75 Å². The lowest BCUT2D eigenvalue weighted by atomic mass is 10.2. The number of aromatic nitrogens is 2. The Kier molecular flexibility index (Phi) is 4.79. The number of hydrogen-bond donors (Lipinski definition) is 2. The van der Waals surface area contributed by atoms with Crippen molar-refractivity contribution >= 4 is 21.8 Å². The highest BCUT2D eigenvalue weighted by atomic mass is 79.9. The molecule has 2 aromatic rings. The van der Waals surface area contributed by atoms with Crippen LogP contribution in [-0.2, 0) is 6.54 Å². The molecule has 0 radical (unpaired) electrons. The first kappa shape index (κ1) is 14.6. The van der Waals surface area contributed by atoms with Crippen LogP contribution in [0.15, 0.2) is 35.1 Å². The number of carbonyl (C=O) groups is 1. The Bertz CT molecular complexity index is 610. The standard InChI is InChI=1S/C14H16BrN3O2/c1-10-8-17-18(9-10)6-2-5-16-14(20)11-3-4-12(15)13(19)7-11/h3-4,7-9,19H,2,5-6H2,1H3,(H,16,20). The largest absolute Gasteiger partial charge is 0.507 e. The van der Waals surface area contributed by atoms with E-state index in [2.05, 4.69) is 26.3 Å². The van der Waals surface area contributed by atoms with Crippen molar-refractivity contribution < 1.29 is 9.90 Å². The average molecular weight is 338 g/mol. The van der Waals surface area contributed by atoms with Gasteiger partial charge in [-0.05, 0) is 53.0 Å². The molecule has 1 amide bonds. The number of hydrogen-bond acceptors (Lipinski definition) is 3. The smallest absolute Gasteiger partial charge is 0.251 e. The maximum atomic E-state index is 11.9. The molecule has 6 heteroatoms. The number of phenolic OH excluding ortho intramolecular Hbond substituents is 1. The van der Waals surface area contributed by atoms with Crippen molar-refractivity contribution in [1.29, 1.82) is 0 Å². The monoisotopic (exact) mass is 337 g/mol. The van der Waals surface area contributed by atoms with E-state index in [0.717, 1.165) is 18.5 Å². The van der Waals surface area contributed by atoms with Gasteiger partial charge in [-0.25, -0.2) is 0 Å². The Labute approximate surface area is 125 Å². The van der Waals surface area contributed by atoms with Crippen molar-refractivity contribution in [2.75, 3.05) is 6.54 Å². The summed E-state index contributed by atoms with van der Waals surface area (Å²) in [5, 5.41) is 16.5. The lowest BCUT2D eigenvalue weighted by Crippen LogP contribution is -2.25. The Morgan fingerprint density at radius 1 is 1.50 bits per heavy atom. The van der Waals surface area contributed by atoms with Gasteiger partial charge in [0.2, 0.25) is 0 Å². The van der Waals surface area contributed by atoms with E-state index in [1.54, 1.807) is 12.1 Å². The van der Waals surface area contributed by atoms with Gasteiger partial charge in [0.1, 0.15) is 5.75 Å². The van der Waals surface area contributed by atoms with Crippen LogP contribution in [0.2, 0.25) is 0 Å². The van der Waals surface area contributed by atoms with Crippen LogP contribution >= 0.6 is 15.9 Å². The lowest BCUT2D eigenvalue weighted by Gasteiger charge is -2.06. The Hall–Kier alpha value is -1.82. The molecule has 0 saturated heterocycles. The van der Waals surface area contributed by atoms with E-state index in [0.29, 0.717) is 16.6 Å². The van der Waals surface area contributed by atoms with Gasteiger partial charge in [0.25, 0.3) is 5.91 Å². The molecule has 106 valence electrons. The third-order valence-corrected chi connectivity index (χ3v) is 3.49. The van der Waals surface area contributed by atoms with Crippen LogP contribution in [0.1, 0.15) is 22.3 Å². The molecule has 0 aliphatic carbocycles. The second-order valence-electron chi connectivity index (χ2n) is 4.56. The normalized spacial score (nSPS) is 10.5. The zero-order valence-electron chi connectivity index (χ0n) is 11.1. The van der Waals surface area contributed by atoms with E-state index in [1.807, 2.05) is 24.0 Å². The summed E-state index contributed by atoms with van der Waals surface area (Å²) in [6.45, 7) is 3.32. The molecular weight excluding hydrogens is 322 g/mol. The molecular formula is C14H16BrN3O2. The van der Waals surface area contributed by atoms with Crippen molar-refractivity contribution in [1.82, 2.24) is 15.1 Å². The number of nitrogens with one attached hydrogen (secondary N) is 1. The minimum absolute atomic E-state index is 0.0599. The quantitative estimate of drug-likeness (QED) is 0.823. The molecule has 1 aromatic carbocycles. The van der Waals surface area contributed by atoms with Crippen LogP contribution in [0, 0.1) is 6.92 Å². The highest BCUT2D eigenvalue weighted by Gasteiger charge is 2.07. The first-order valence-corrected chi connectivity index (χ1v) is 7.11. The summed E-state index contributed by atoms with van der Waals surface area (Å²) in [4.78, 5) is 11.9. The summed E-state index contributed by atoms with van der Waals surface area (Å²) in [5.74, 6) is -0.130. The Morgan fingerprint density at radius 2 is 2.30 bits per heavy atom. The molecule has 0 unspecified atom stereocenters. The summed E-state index contributed by atoms with van der Waals surface area (Å²) in [6.07, 6.45) is 4.58. The number of aromatic hydroxyl groups is 1. The number of benzene rings is 1. The first-order chi connectivity index (χ1) is 9.56. The second-order valence-corrected chi connectivity index (χ2v) is 5.41. The van der Waals surface area contributed by atoms with Gasteiger partial charge in [0.05, 0.1) is 10.7 Å². The highest BCUT2D eigenvalue weighted by Crippen LogP contribution is 2.24. The molecule has 0 spiro atoms. The van der Waals surface area contributed by atoms with E-state index in [-0.39, 0.29) is 11.7 Å². The molecule has 5 nitrogen and oxygen atoms in total. The zero-order valence-corrected chi connectivity index (χ0v) is 12.7. The van der Waals surface area contributed by atoms with Crippen molar-refractivity contribution in [3.63, 3.8) is 0 Å². The molecule has 2 N–H and O–H groups in total. The molecule has 2 rings (SSSR count). The van der Waals surface area contributed by atoms with E-state index in [4.69, 9.17) is 0 Å². The van der Waals surface area contributed by atoms with Gasteiger partial charge >= 0.3 is 0 Å². The summed E-state index contributed by atoms with van der Waals surface area (Å²) in [7, 11) is 0. The van der Waals surface area contributed by atoms with E-state index >= 15 is 0 Å². The predicted octanol–water partition coefficient (Wildman–Crippen LogP) is 2.48. The molecule has 0 atom stereocenters.